The molecule has 0 heterocycles. The van der Waals surface area contributed by atoms with Crippen molar-refractivity contribution >= 4 is 11.9 Å². The molecule has 1 N–H and O–H groups in total. The lowest BCUT2D eigenvalue weighted by Crippen LogP contribution is -2.12. The highest BCUT2D eigenvalue weighted by Crippen LogP contribution is 2.35. The minimum absolute atomic E-state index is 0.0356. The van der Waals surface area contributed by atoms with Crippen molar-refractivity contribution in [3.05, 3.63) is 96.1 Å². The van der Waals surface area contributed by atoms with Gasteiger partial charge >= 0.3 is 11.9 Å². The highest BCUT2D eigenvalue weighted by Gasteiger charge is 2.14. The maximum Gasteiger partial charge on any atom is 0.333 e. The first-order valence-electron chi connectivity index (χ1n) is 13.1. The van der Waals surface area contributed by atoms with Crippen LogP contribution in [0.3, 0.4) is 0 Å². The molecular weight excluding hydrogens is 508 g/mol. The molecule has 7 nitrogen and oxygen atoms in total. The van der Waals surface area contributed by atoms with Gasteiger partial charge in [0.2, 0.25) is 0 Å². The summed E-state index contributed by atoms with van der Waals surface area (Å²) in [7, 11) is 0. The maximum atomic E-state index is 11.9. The molecule has 0 aromatic heterocycles. The quantitative estimate of drug-likeness (QED) is 0.150. The molecule has 3 aromatic rings. The van der Waals surface area contributed by atoms with Crippen molar-refractivity contribution in [2.24, 2.45) is 0 Å². The van der Waals surface area contributed by atoms with Crippen LogP contribution in [0.25, 0.3) is 22.3 Å². The summed E-state index contributed by atoms with van der Waals surface area (Å²) in [6.45, 7) is 13.1. The number of esters is 2. The number of benzene rings is 3. The lowest BCUT2D eigenvalue weighted by Gasteiger charge is -2.16. The van der Waals surface area contributed by atoms with Crippen LogP contribution in [0.1, 0.15) is 31.9 Å². The number of carbonyl (C=O) groups is 2. The number of aliphatic hydroxyl groups excluding tert-OH is 1. The Balaban J connectivity index is 1.90. The molecule has 0 aliphatic carbocycles. The van der Waals surface area contributed by atoms with Gasteiger partial charge in [-0.15, -0.1) is 0 Å². The molecule has 0 saturated heterocycles. The predicted molar refractivity (Wildman–Crippen MR) is 155 cm³/mol. The first-order valence-corrected chi connectivity index (χ1v) is 13.1. The fourth-order valence-corrected chi connectivity index (χ4v) is 3.93. The second-order valence-electron chi connectivity index (χ2n) is 9.27. The van der Waals surface area contributed by atoms with Gasteiger partial charge < -0.3 is 24.1 Å². The number of rotatable bonds is 14. The maximum absolute atomic E-state index is 11.9. The summed E-state index contributed by atoms with van der Waals surface area (Å²) in [5.41, 5.74) is 6.51. The first-order chi connectivity index (χ1) is 19.2. The second kappa shape index (κ2) is 14.7. The largest absolute Gasteiger partial charge is 0.491 e. The fraction of sp³-hybridized carbons (Fsp3) is 0.273. The predicted octanol–water partition coefficient (Wildman–Crippen LogP) is 6.07. The van der Waals surface area contributed by atoms with Gasteiger partial charge in [-0.05, 0) is 72.4 Å². The van der Waals surface area contributed by atoms with Gasteiger partial charge in [-0.2, -0.15) is 0 Å². The van der Waals surface area contributed by atoms with Gasteiger partial charge in [-0.25, -0.2) is 9.59 Å². The molecule has 0 aliphatic heterocycles. The molecule has 0 atom stereocenters. The SMILES string of the molecule is C=C(C)C(=O)OCCOc1ccc(COC(=O)C(=C)C)cc1-c1ccc(-c2ccc(OCCO)cc2)c(CC)c1. The molecule has 0 fully saturated rings. The van der Waals surface area contributed by atoms with E-state index < -0.39 is 11.9 Å². The van der Waals surface area contributed by atoms with Gasteiger partial charge in [-0.3, -0.25) is 0 Å². The van der Waals surface area contributed by atoms with Crippen LogP contribution in [-0.2, 0) is 32.1 Å². The molecule has 0 radical (unpaired) electrons. The average molecular weight is 545 g/mol. The van der Waals surface area contributed by atoms with Crippen LogP contribution in [0.2, 0.25) is 0 Å². The van der Waals surface area contributed by atoms with Crippen molar-refractivity contribution in [1.29, 1.82) is 0 Å². The zero-order chi connectivity index (χ0) is 29.1. The van der Waals surface area contributed by atoms with Gasteiger partial charge in [0, 0.05) is 16.7 Å². The standard InChI is InChI=1S/C33H36O7/c1-6-25-20-27(10-13-29(25)26-8-11-28(12-9-26)37-16-15-34)30-19-24(21-40-33(36)23(4)5)7-14-31(30)38-17-18-39-32(35)22(2)3/h7-14,19-20,34H,2,4,6,15-18,21H2,1,3,5H3. The summed E-state index contributed by atoms with van der Waals surface area (Å²) in [4.78, 5) is 23.6. The highest BCUT2D eigenvalue weighted by molar-refractivity contribution is 5.87. The van der Waals surface area contributed by atoms with Gasteiger partial charge in [-0.1, -0.05) is 56.5 Å². The van der Waals surface area contributed by atoms with Crippen LogP contribution in [-0.4, -0.2) is 43.5 Å². The first kappa shape index (κ1) is 30.2. The van der Waals surface area contributed by atoms with Crippen molar-refractivity contribution in [2.75, 3.05) is 26.4 Å². The Hall–Kier alpha value is -4.36. The minimum Gasteiger partial charge on any atom is -0.491 e. The third-order valence-corrected chi connectivity index (χ3v) is 6.01. The van der Waals surface area contributed by atoms with Gasteiger partial charge in [0.25, 0.3) is 0 Å². The summed E-state index contributed by atoms with van der Waals surface area (Å²) in [5, 5.41) is 8.98. The van der Waals surface area contributed by atoms with E-state index >= 15 is 0 Å². The van der Waals surface area contributed by atoms with Gasteiger partial charge in [0.05, 0.1) is 6.61 Å². The van der Waals surface area contributed by atoms with E-state index in [0.29, 0.717) is 22.6 Å². The molecule has 0 aliphatic rings. The Kier molecular flexibility index (Phi) is 11.1. The Labute approximate surface area is 235 Å². The van der Waals surface area contributed by atoms with E-state index in [1.165, 1.54) is 0 Å². The third kappa shape index (κ3) is 8.32. The summed E-state index contributed by atoms with van der Waals surface area (Å²) in [6, 6.07) is 19.6. The van der Waals surface area contributed by atoms with E-state index in [4.69, 9.17) is 24.1 Å². The zero-order valence-electron chi connectivity index (χ0n) is 23.3. The van der Waals surface area contributed by atoms with Crippen LogP contribution in [0, 0.1) is 0 Å². The fourth-order valence-electron chi connectivity index (χ4n) is 3.93. The Morgan fingerprint density at radius 2 is 1.43 bits per heavy atom. The Morgan fingerprint density at radius 1 is 0.750 bits per heavy atom. The molecule has 40 heavy (non-hydrogen) atoms. The monoisotopic (exact) mass is 544 g/mol. The number of aliphatic hydroxyl groups is 1. The molecule has 210 valence electrons. The highest BCUT2D eigenvalue weighted by atomic mass is 16.6. The van der Waals surface area contributed by atoms with E-state index in [-0.39, 0.29) is 33.0 Å². The van der Waals surface area contributed by atoms with E-state index in [0.717, 1.165) is 39.8 Å². The summed E-state index contributed by atoms with van der Waals surface area (Å²) >= 11 is 0. The molecule has 0 saturated carbocycles. The number of carbonyl (C=O) groups excluding carboxylic acids is 2. The average Bonchev–Trinajstić information content (AvgIpc) is 2.96. The smallest absolute Gasteiger partial charge is 0.333 e. The Morgan fingerprint density at radius 3 is 2.08 bits per heavy atom. The molecule has 0 spiro atoms. The molecule has 0 unspecified atom stereocenters. The zero-order valence-corrected chi connectivity index (χ0v) is 23.3. The van der Waals surface area contributed by atoms with E-state index in [1.807, 2.05) is 48.5 Å². The van der Waals surface area contributed by atoms with E-state index in [1.54, 1.807) is 13.8 Å². The van der Waals surface area contributed by atoms with E-state index in [9.17, 15) is 9.59 Å². The number of hydrogen-bond donors (Lipinski definition) is 1. The van der Waals surface area contributed by atoms with Crippen molar-refractivity contribution in [3.8, 4) is 33.8 Å². The molecule has 3 aromatic carbocycles. The van der Waals surface area contributed by atoms with E-state index in [2.05, 4.69) is 32.2 Å². The minimum atomic E-state index is -0.463. The van der Waals surface area contributed by atoms with Gasteiger partial charge in [0.1, 0.15) is 37.9 Å². The Bertz CT molecular complexity index is 1360. The molecule has 7 heteroatoms. The molecule has 0 bridgehead atoms. The van der Waals surface area contributed by atoms with Crippen LogP contribution in [0.15, 0.2) is 85.0 Å². The number of ether oxygens (including phenoxy) is 4. The summed E-state index contributed by atoms with van der Waals surface area (Å²) in [5.74, 6) is 0.398. The second-order valence-corrected chi connectivity index (χ2v) is 9.27. The third-order valence-electron chi connectivity index (χ3n) is 6.01. The van der Waals surface area contributed by atoms with Crippen molar-refractivity contribution < 1.29 is 33.6 Å². The molecular formula is C33H36O7. The normalized spacial score (nSPS) is 10.5. The van der Waals surface area contributed by atoms with Crippen molar-refractivity contribution in [3.63, 3.8) is 0 Å². The van der Waals surface area contributed by atoms with Crippen LogP contribution < -0.4 is 9.47 Å². The molecule has 0 amide bonds. The lowest BCUT2D eigenvalue weighted by molar-refractivity contribution is -0.140. The van der Waals surface area contributed by atoms with Crippen LogP contribution >= 0.6 is 0 Å². The summed E-state index contributed by atoms with van der Waals surface area (Å²) < 4.78 is 22.0. The topological polar surface area (TPSA) is 91.3 Å². The van der Waals surface area contributed by atoms with Crippen molar-refractivity contribution in [1.82, 2.24) is 0 Å². The number of hydrogen-bond acceptors (Lipinski definition) is 7. The molecule has 3 rings (SSSR count). The lowest BCUT2D eigenvalue weighted by atomic mass is 9.93. The van der Waals surface area contributed by atoms with Gasteiger partial charge in [0.15, 0.2) is 0 Å². The summed E-state index contributed by atoms with van der Waals surface area (Å²) in [6.07, 6.45) is 0.800. The number of aryl methyl sites for hydroxylation is 1. The van der Waals surface area contributed by atoms with Crippen molar-refractivity contribution in [2.45, 2.75) is 33.8 Å². The van der Waals surface area contributed by atoms with Crippen LogP contribution in [0.5, 0.6) is 11.5 Å². The van der Waals surface area contributed by atoms with Crippen LogP contribution in [0.4, 0.5) is 0 Å².